The molecule has 0 bridgehead atoms. The van der Waals surface area contributed by atoms with E-state index in [0.29, 0.717) is 22.0 Å². The van der Waals surface area contributed by atoms with Crippen LogP contribution < -0.4 is 11.3 Å². The molecule has 0 aliphatic heterocycles. The highest BCUT2D eigenvalue weighted by Crippen LogP contribution is 2.26. The third-order valence-corrected chi connectivity index (χ3v) is 3.89. The predicted molar refractivity (Wildman–Crippen MR) is 74.2 cm³/mol. The van der Waals surface area contributed by atoms with Crippen LogP contribution in [0, 0.1) is 17.5 Å². The van der Waals surface area contributed by atoms with Gasteiger partial charge in [0, 0.05) is 0 Å². The van der Waals surface area contributed by atoms with Gasteiger partial charge in [-0.3, -0.25) is 11.3 Å². The molecule has 2 aromatic carbocycles. The fraction of sp³-hybridized carbons (Fsp3) is 0.143. The topological polar surface area (TPSA) is 38.0 Å². The van der Waals surface area contributed by atoms with Crippen molar-refractivity contribution >= 4 is 15.9 Å². The van der Waals surface area contributed by atoms with Crippen LogP contribution >= 0.6 is 15.9 Å². The van der Waals surface area contributed by atoms with Crippen molar-refractivity contribution in [3.8, 4) is 0 Å². The number of hydrogen-bond acceptors (Lipinski definition) is 2. The molecule has 0 aliphatic rings. The average molecular weight is 345 g/mol. The molecule has 0 aliphatic carbocycles. The molecule has 0 saturated heterocycles. The summed E-state index contributed by atoms with van der Waals surface area (Å²) < 4.78 is 40.0. The van der Waals surface area contributed by atoms with E-state index in [9.17, 15) is 13.2 Å². The van der Waals surface area contributed by atoms with Crippen LogP contribution in [0.15, 0.2) is 40.9 Å². The van der Waals surface area contributed by atoms with Crippen molar-refractivity contribution in [2.45, 2.75) is 12.5 Å². The molecule has 0 radical (unpaired) electrons. The number of hydrogen-bond donors (Lipinski definition) is 2. The van der Waals surface area contributed by atoms with E-state index in [1.54, 1.807) is 12.1 Å². The second-order valence-electron chi connectivity index (χ2n) is 4.31. The molecule has 6 heteroatoms. The van der Waals surface area contributed by atoms with Crippen LogP contribution in [0.4, 0.5) is 13.2 Å². The van der Waals surface area contributed by atoms with Crippen LogP contribution in [-0.2, 0) is 6.42 Å². The monoisotopic (exact) mass is 344 g/mol. The maximum atomic E-state index is 13.4. The maximum absolute atomic E-state index is 13.4. The zero-order valence-corrected chi connectivity index (χ0v) is 11.9. The zero-order valence-electron chi connectivity index (χ0n) is 10.3. The Bertz CT molecular complexity index is 619. The van der Waals surface area contributed by atoms with Gasteiger partial charge in [0.15, 0.2) is 11.6 Å². The summed E-state index contributed by atoms with van der Waals surface area (Å²) in [5.74, 6) is 3.20. The predicted octanol–water partition coefficient (Wildman–Crippen LogP) is 3.61. The van der Waals surface area contributed by atoms with Crippen LogP contribution in [-0.4, -0.2) is 0 Å². The van der Waals surface area contributed by atoms with Gasteiger partial charge in [-0.25, -0.2) is 13.2 Å². The van der Waals surface area contributed by atoms with E-state index in [0.717, 1.165) is 12.1 Å². The van der Waals surface area contributed by atoms with E-state index in [4.69, 9.17) is 5.84 Å². The number of nitrogens with two attached hydrogens (primary N) is 1. The van der Waals surface area contributed by atoms with Crippen LogP contribution in [0.2, 0.25) is 0 Å². The first-order valence-corrected chi connectivity index (χ1v) is 6.66. The average Bonchev–Trinajstić information content (AvgIpc) is 2.44. The Morgan fingerprint density at radius 1 is 1.05 bits per heavy atom. The molecule has 3 N–H and O–H groups in total. The molecule has 2 nitrogen and oxygen atoms in total. The highest BCUT2D eigenvalue weighted by atomic mass is 79.9. The van der Waals surface area contributed by atoms with Crippen LogP contribution in [0.5, 0.6) is 0 Å². The van der Waals surface area contributed by atoms with E-state index in [1.807, 2.05) is 0 Å². The summed E-state index contributed by atoms with van der Waals surface area (Å²) in [6.07, 6.45) is 0.333. The van der Waals surface area contributed by atoms with Gasteiger partial charge in [0.05, 0.1) is 10.5 Å². The van der Waals surface area contributed by atoms with E-state index >= 15 is 0 Å². The van der Waals surface area contributed by atoms with Crippen molar-refractivity contribution in [1.29, 1.82) is 0 Å². The Morgan fingerprint density at radius 2 is 1.80 bits per heavy atom. The Labute approximate surface area is 122 Å². The summed E-state index contributed by atoms with van der Waals surface area (Å²) in [7, 11) is 0. The molecule has 2 aromatic rings. The quantitative estimate of drug-likeness (QED) is 0.656. The minimum absolute atomic E-state index is 0.333. The summed E-state index contributed by atoms with van der Waals surface area (Å²) in [6.45, 7) is 0. The first-order valence-electron chi connectivity index (χ1n) is 5.87. The first-order chi connectivity index (χ1) is 9.52. The molecule has 0 spiro atoms. The van der Waals surface area contributed by atoms with E-state index in [-0.39, 0.29) is 5.82 Å². The smallest absolute Gasteiger partial charge is 0.159 e. The highest BCUT2D eigenvalue weighted by Gasteiger charge is 2.15. The third-order valence-electron chi connectivity index (χ3n) is 3.00. The van der Waals surface area contributed by atoms with Crippen LogP contribution in [0.3, 0.4) is 0 Å². The normalized spacial score (nSPS) is 12.4. The Morgan fingerprint density at radius 3 is 2.45 bits per heavy atom. The first kappa shape index (κ1) is 15.0. The Kier molecular flexibility index (Phi) is 4.80. The second kappa shape index (κ2) is 6.39. The largest absolute Gasteiger partial charge is 0.271 e. The van der Waals surface area contributed by atoms with E-state index in [1.165, 1.54) is 12.1 Å². The third kappa shape index (κ3) is 3.20. The molecule has 1 unspecified atom stereocenters. The fourth-order valence-corrected chi connectivity index (χ4v) is 2.35. The van der Waals surface area contributed by atoms with Gasteiger partial charge in [0.1, 0.15) is 5.82 Å². The van der Waals surface area contributed by atoms with Gasteiger partial charge >= 0.3 is 0 Å². The molecule has 0 fully saturated rings. The van der Waals surface area contributed by atoms with Crippen LogP contribution in [0.25, 0.3) is 0 Å². The number of benzene rings is 2. The highest BCUT2D eigenvalue weighted by molar-refractivity contribution is 9.10. The molecule has 0 heterocycles. The van der Waals surface area contributed by atoms with Gasteiger partial charge in [0.2, 0.25) is 0 Å². The SMILES string of the molecule is NNC(Cc1cccc(F)c1Br)c1ccc(F)c(F)c1. The van der Waals surface area contributed by atoms with Crippen molar-refractivity contribution in [2.75, 3.05) is 0 Å². The van der Waals surface area contributed by atoms with Gasteiger partial charge in [-0.05, 0) is 51.7 Å². The van der Waals surface area contributed by atoms with Crippen molar-refractivity contribution in [2.24, 2.45) is 5.84 Å². The van der Waals surface area contributed by atoms with Crippen molar-refractivity contribution < 1.29 is 13.2 Å². The van der Waals surface area contributed by atoms with Crippen molar-refractivity contribution in [3.63, 3.8) is 0 Å². The Balaban J connectivity index is 2.28. The number of rotatable bonds is 4. The van der Waals surface area contributed by atoms with Gasteiger partial charge in [-0.1, -0.05) is 18.2 Å². The molecule has 106 valence electrons. The number of hydrazine groups is 1. The van der Waals surface area contributed by atoms with Crippen molar-refractivity contribution in [3.05, 3.63) is 69.4 Å². The summed E-state index contributed by atoms with van der Waals surface area (Å²) in [5.41, 5.74) is 3.69. The standard InChI is InChI=1S/C14H12BrF3N2/c15-14-9(2-1-3-11(14)17)7-13(20-19)8-4-5-10(16)12(18)6-8/h1-6,13,20H,7,19H2. The number of halogens is 4. The van der Waals surface area contributed by atoms with Crippen LogP contribution in [0.1, 0.15) is 17.2 Å². The lowest BCUT2D eigenvalue weighted by molar-refractivity contribution is 0.496. The Hall–Kier alpha value is -1.37. The van der Waals surface area contributed by atoms with Gasteiger partial charge < -0.3 is 0 Å². The molecule has 2 rings (SSSR count). The minimum Gasteiger partial charge on any atom is -0.271 e. The minimum atomic E-state index is -0.943. The van der Waals surface area contributed by atoms with E-state index < -0.39 is 17.7 Å². The lowest BCUT2D eigenvalue weighted by atomic mass is 9.99. The van der Waals surface area contributed by atoms with Gasteiger partial charge in [0.25, 0.3) is 0 Å². The molecular formula is C14H12BrF3N2. The molecule has 0 amide bonds. The van der Waals surface area contributed by atoms with Gasteiger partial charge in [-0.2, -0.15) is 0 Å². The summed E-state index contributed by atoms with van der Waals surface area (Å²) >= 11 is 3.16. The lowest BCUT2D eigenvalue weighted by Crippen LogP contribution is -2.29. The molecule has 20 heavy (non-hydrogen) atoms. The molecule has 0 aromatic heterocycles. The van der Waals surface area contributed by atoms with Gasteiger partial charge in [-0.15, -0.1) is 0 Å². The second-order valence-corrected chi connectivity index (χ2v) is 5.10. The fourth-order valence-electron chi connectivity index (χ4n) is 1.93. The molecule has 1 atom stereocenters. The van der Waals surface area contributed by atoms with E-state index in [2.05, 4.69) is 21.4 Å². The zero-order chi connectivity index (χ0) is 14.7. The summed E-state index contributed by atoms with van der Waals surface area (Å²) in [6, 6.07) is 7.74. The lowest BCUT2D eigenvalue weighted by Gasteiger charge is -2.17. The number of nitrogens with one attached hydrogen (secondary N) is 1. The molecular weight excluding hydrogens is 333 g/mol. The molecule has 0 saturated carbocycles. The summed E-state index contributed by atoms with van der Waals surface area (Å²) in [4.78, 5) is 0. The summed E-state index contributed by atoms with van der Waals surface area (Å²) in [5, 5.41) is 0. The maximum Gasteiger partial charge on any atom is 0.159 e. The van der Waals surface area contributed by atoms with Crippen molar-refractivity contribution in [1.82, 2.24) is 5.43 Å².